The van der Waals surface area contributed by atoms with Crippen LogP contribution >= 0.6 is 0 Å². The molecule has 1 aliphatic carbocycles. The van der Waals surface area contributed by atoms with Crippen LogP contribution in [0.1, 0.15) is 18.4 Å². The first kappa shape index (κ1) is 22.7. The molecule has 4 heteroatoms. The molecule has 0 unspecified atom stereocenters. The number of nitrogens with zero attached hydrogens (tertiary/aromatic N) is 4. The number of rotatable bonds is 3. The summed E-state index contributed by atoms with van der Waals surface area (Å²) < 4.78 is 2.15. The second-order valence-electron chi connectivity index (χ2n) is 10.2. The Morgan fingerprint density at radius 1 is 0.575 bits per heavy atom. The summed E-state index contributed by atoms with van der Waals surface area (Å²) in [5.41, 5.74) is 12.5. The molecule has 0 spiro atoms. The molecule has 0 bridgehead atoms. The topological polar surface area (TPSA) is 34.0 Å². The van der Waals surface area contributed by atoms with Crippen LogP contribution in [0.15, 0.2) is 139 Å². The number of imidazole rings is 1. The molecular weight excluding hydrogens is 488 g/mol. The zero-order valence-corrected chi connectivity index (χ0v) is 21.9. The lowest BCUT2D eigenvalue weighted by atomic mass is 9.91. The first-order chi connectivity index (χ1) is 19.9. The number of hydrogen-bond donors (Lipinski definition) is 0. The van der Waals surface area contributed by atoms with Gasteiger partial charge in [-0.2, -0.15) is 0 Å². The van der Waals surface area contributed by atoms with Crippen LogP contribution in [-0.2, 0) is 0 Å². The Labute approximate surface area is 233 Å². The molecule has 1 aliphatic heterocycles. The van der Waals surface area contributed by atoms with E-state index < -0.39 is 0 Å². The van der Waals surface area contributed by atoms with Gasteiger partial charge in [0.05, 0.1) is 5.69 Å². The highest BCUT2D eigenvalue weighted by Crippen LogP contribution is 2.48. The van der Waals surface area contributed by atoms with Gasteiger partial charge in [-0.15, -0.1) is 0 Å². The minimum atomic E-state index is 0.856. The highest BCUT2D eigenvalue weighted by atomic mass is 15.2. The summed E-state index contributed by atoms with van der Waals surface area (Å²) >= 11 is 0. The highest BCUT2D eigenvalue weighted by Gasteiger charge is 2.28. The summed E-state index contributed by atoms with van der Waals surface area (Å²) in [4.78, 5) is 12.1. The van der Waals surface area contributed by atoms with Gasteiger partial charge in [0.25, 0.3) is 0 Å². The predicted molar refractivity (Wildman–Crippen MR) is 164 cm³/mol. The van der Waals surface area contributed by atoms with E-state index in [0.717, 1.165) is 46.8 Å². The summed E-state index contributed by atoms with van der Waals surface area (Å²) in [5.74, 6) is 0.882. The largest absolute Gasteiger partial charge is 0.310 e. The van der Waals surface area contributed by atoms with E-state index in [1.807, 2.05) is 24.4 Å². The molecule has 2 aliphatic rings. The summed E-state index contributed by atoms with van der Waals surface area (Å²) in [6.07, 6.45) is 8.71. The molecule has 0 N–H and O–H groups in total. The number of hydrogen-bond acceptors (Lipinski definition) is 3. The minimum absolute atomic E-state index is 0.856. The fourth-order valence-corrected chi connectivity index (χ4v) is 6.07. The van der Waals surface area contributed by atoms with Crippen molar-refractivity contribution in [3.05, 3.63) is 145 Å². The third-order valence-corrected chi connectivity index (χ3v) is 7.84. The van der Waals surface area contributed by atoms with Crippen molar-refractivity contribution in [2.75, 3.05) is 4.90 Å². The van der Waals surface area contributed by atoms with Crippen LogP contribution in [0.4, 0.5) is 11.4 Å². The Kier molecular flexibility index (Phi) is 5.23. The molecule has 0 fully saturated rings. The number of benzene rings is 4. The third-order valence-electron chi connectivity index (χ3n) is 7.84. The quantitative estimate of drug-likeness (QED) is 0.236. The molecule has 0 saturated heterocycles. The SMILES string of the molecule is C1=C2C(=CCC1)N(c1ccc(-c3nc4cccnc4n3-c3ccccc3)cc1)c1ccccc1-c1ccccc12. The summed E-state index contributed by atoms with van der Waals surface area (Å²) in [6.45, 7) is 0. The lowest BCUT2D eigenvalue weighted by Gasteiger charge is -2.30. The number of anilines is 2. The van der Waals surface area contributed by atoms with E-state index in [-0.39, 0.29) is 0 Å². The van der Waals surface area contributed by atoms with Gasteiger partial charge in [-0.25, -0.2) is 9.97 Å². The van der Waals surface area contributed by atoms with Gasteiger partial charge < -0.3 is 4.90 Å². The van der Waals surface area contributed by atoms with Gasteiger partial charge in [-0.05, 0) is 78.6 Å². The Morgan fingerprint density at radius 2 is 1.30 bits per heavy atom. The van der Waals surface area contributed by atoms with E-state index in [0.29, 0.717) is 0 Å². The van der Waals surface area contributed by atoms with Crippen LogP contribution < -0.4 is 4.90 Å². The molecule has 190 valence electrons. The molecule has 0 amide bonds. The van der Waals surface area contributed by atoms with Crippen molar-refractivity contribution in [3.63, 3.8) is 0 Å². The van der Waals surface area contributed by atoms with E-state index in [4.69, 9.17) is 4.98 Å². The predicted octanol–water partition coefficient (Wildman–Crippen LogP) is 8.97. The van der Waals surface area contributed by atoms with Gasteiger partial charge >= 0.3 is 0 Å². The fraction of sp³-hybridized carbons (Fsp3) is 0.0556. The third kappa shape index (κ3) is 3.53. The number of aromatic nitrogens is 3. The maximum Gasteiger partial charge on any atom is 0.164 e. The number of fused-ring (bicyclic) bond motifs is 6. The van der Waals surface area contributed by atoms with Crippen molar-refractivity contribution in [1.82, 2.24) is 14.5 Å². The Hall–Kier alpha value is -5.22. The molecular formula is C36H26N4. The summed E-state index contributed by atoms with van der Waals surface area (Å²) in [5, 5.41) is 0. The molecule has 0 radical (unpaired) electrons. The lowest BCUT2D eigenvalue weighted by Crippen LogP contribution is -2.18. The second-order valence-corrected chi connectivity index (χ2v) is 10.2. The molecule has 0 saturated carbocycles. The second kappa shape index (κ2) is 9.21. The minimum Gasteiger partial charge on any atom is -0.310 e. The van der Waals surface area contributed by atoms with E-state index in [1.54, 1.807) is 0 Å². The monoisotopic (exact) mass is 514 g/mol. The van der Waals surface area contributed by atoms with Crippen LogP contribution in [0.5, 0.6) is 0 Å². The number of allylic oxidation sites excluding steroid dienone is 3. The van der Waals surface area contributed by atoms with Gasteiger partial charge in [-0.1, -0.05) is 72.8 Å². The molecule has 40 heavy (non-hydrogen) atoms. The van der Waals surface area contributed by atoms with Crippen LogP contribution in [0.25, 0.3) is 44.9 Å². The van der Waals surface area contributed by atoms with E-state index >= 15 is 0 Å². The van der Waals surface area contributed by atoms with Crippen LogP contribution in [0.2, 0.25) is 0 Å². The molecule has 4 nitrogen and oxygen atoms in total. The van der Waals surface area contributed by atoms with Gasteiger partial charge in [0.15, 0.2) is 5.65 Å². The first-order valence-corrected chi connectivity index (χ1v) is 13.8. The average molecular weight is 515 g/mol. The van der Waals surface area contributed by atoms with Crippen molar-refractivity contribution in [2.45, 2.75) is 12.8 Å². The summed E-state index contributed by atoms with van der Waals surface area (Å²) in [6, 6.07) is 40.6. The number of pyridine rings is 1. The van der Waals surface area contributed by atoms with Crippen molar-refractivity contribution >= 4 is 28.1 Å². The van der Waals surface area contributed by atoms with Gasteiger partial charge in [0.1, 0.15) is 11.3 Å². The fourth-order valence-electron chi connectivity index (χ4n) is 6.07. The van der Waals surface area contributed by atoms with E-state index in [2.05, 4.69) is 124 Å². The smallest absolute Gasteiger partial charge is 0.164 e. The Bertz CT molecular complexity index is 1950. The maximum absolute atomic E-state index is 5.01. The van der Waals surface area contributed by atoms with Gasteiger partial charge in [0, 0.05) is 40.0 Å². The number of para-hydroxylation sites is 2. The van der Waals surface area contributed by atoms with Crippen LogP contribution in [0, 0.1) is 0 Å². The van der Waals surface area contributed by atoms with Gasteiger partial charge in [-0.3, -0.25) is 4.57 Å². The first-order valence-electron chi connectivity index (χ1n) is 13.8. The Balaban J connectivity index is 1.29. The summed E-state index contributed by atoms with van der Waals surface area (Å²) in [7, 11) is 0. The normalized spacial score (nSPS) is 14.1. The molecule has 8 rings (SSSR count). The van der Waals surface area contributed by atoms with Crippen molar-refractivity contribution < 1.29 is 0 Å². The molecule has 6 aromatic rings. The highest BCUT2D eigenvalue weighted by molar-refractivity contribution is 6.01. The standard InChI is InChI=1S/C36H26N4/c1-2-11-26(12-3-1)40-35(38-32-17-10-24-37-36(32)40)25-20-22-27(23-21-25)39-33-18-8-6-15-30(33)28-13-4-5-14-29(28)31-16-7-9-19-34(31)39/h1-6,8,10-24H,7,9H2. The maximum atomic E-state index is 5.01. The van der Waals surface area contributed by atoms with Crippen LogP contribution in [-0.4, -0.2) is 14.5 Å². The molecule has 0 atom stereocenters. The van der Waals surface area contributed by atoms with Crippen molar-refractivity contribution in [1.29, 1.82) is 0 Å². The van der Waals surface area contributed by atoms with Crippen molar-refractivity contribution in [3.8, 4) is 28.2 Å². The van der Waals surface area contributed by atoms with Crippen molar-refractivity contribution in [2.24, 2.45) is 0 Å². The molecule has 3 heterocycles. The van der Waals surface area contributed by atoms with Crippen LogP contribution in [0.3, 0.4) is 0 Å². The zero-order valence-electron chi connectivity index (χ0n) is 21.9. The van der Waals surface area contributed by atoms with E-state index in [1.165, 1.54) is 33.6 Å². The Morgan fingerprint density at radius 3 is 2.15 bits per heavy atom. The zero-order chi connectivity index (χ0) is 26.5. The lowest BCUT2D eigenvalue weighted by molar-refractivity contribution is 1.01. The molecule has 4 aromatic carbocycles. The van der Waals surface area contributed by atoms with Gasteiger partial charge in [0.2, 0.25) is 0 Å². The average Bonchev–Trinajstić information content (AvgIpc) is 3.37. The van der Waals surface area contributed by atoms with E-state index in [9.17, 15) is 0 Å². The molecule has 2 aromatic heterocycles.